The number of nitriles is 1. The van der Waals surface area contributed by atoms with Gasteiger partial charge in [-0.2, -0.15) is 5.26 Å². The molecule has 0 N–H and O–H groups in total. The summed E-state index contributed by atoms with van der Waals surface area (Å²) >= 11 is 11.8. The lowest BCUT2D eigenvalue weighted by Crippen LogP contribution is -2.29. The number of nitrogens with zero attached hydrogens (tertiary/aromatic N) is 2. The largest absolute Gasteiger partial charge is 0.444 e. The fourth-order valence-corrected chi connectivity index (χ4v) is 2.77. The molecule has 6 nitrogen and oxygen atoms in total. The number of esters is 1. The molecule has 8 heteroatoms. The monoisotopic (exact) mass is 388 g/mol. The number of hydrogen-bond donors (Lipinski definition) is 0. The molecule has 1 atom stereocenters. The Morgan fingerprint density at radius 1 is 1.08 bits per heavy atom. The van der Waals surface area contributed by atoms with Crippen LogP contribution >= 0.6 is 23.2 Å². The Morgan fingerprint density at radius 3 is 2.42 bits per heavy atom. The molecule has 0 aromatic heterocycles. The minimum absolute atomic E-state index is 0.0696. The van der Waals surface area contributed by atoms with Crippen LogP contribution < -0.4 is 4.90 Å². The first-order chi connectivity index (χ1) is 12.3. The number of ether oxygens (including phenoxy) is 1. The van der Waals surface area contributed by atoms with Crippen LogP contribution in [0.5, 0.6) is 0 Å². The van der Waals surface area contributed by atoms with Crippen molar-refractivity contribution in [1.29, 1.82) is 5.26 Å². The van der Waals surface area contributed by atoms with Crippen molar-refractivity contribution in [2.75, 3.05) is 4.90 Å². The lowest BCUT2D eigenvalue weighted by Gasteiger charge is -2.14. The molecule has 0 bridgehead atoms. The highest BCUT2D eigenvalue weighted by Gasteiger charge is 2.37. The second-order valence-electron chi connectivity index (χ2n) is 5.48. The van der Waals surface area contributed by atoms with Crippen molar-refractivity contribution in [2.24, 2.45) is 0 Å². The highest BCUT2D eigenvalue weighted by molar-refractivity contribution is 6.42. The third-order valence-electron chi connectivity index (χ3n) is 3.75. The summed E-state index contributed by atoms with van der Waals surface area (Å²) in [6, 6.07) is 10.2. The number of hydrogen-bond acceptors (Lipinski definition) is 5. The maximum Gasteiger partial charge on any atom is 0.339 e. The van der Waals surface area contributed by atoms with E-state index in [0.29, 0.717) is 5.02 Å². The van der Waals surface area contributed by atoms with Crippen molar-refractivity contribution in [3.63, 3.8) is 0 Å². The second kappa shape index (κ2) is 6.79. The van der Waals surface area contributed by atoms with E-state index >= 15 is 0 Å². The minimum atomic E-state index is -0.930. The summed E-state index contributed by atoms with van der Waals surface area (Å²) in [4.78, 5) is 38.2. The molecule has 1 aliphatic heterocycles. The zero-order valence-corrected chi connectivity index (χ0v) is 14.8. The van der Waals surface area contributed by atoms with Crippen molar-refractivity contribution in [2.45, 2.75) is 13.0 Å². The normalized spacial score (nSPS) is 14.0. The summed E-state index contributed by atoms with van der Waals surface area (Å²) in [5, 5.41) is 9.21. The van der Waals surface area contributed by atoms with Gasteiger partial charge in [-0.05, 0) is 43.3 Å². The molecule has 1 aliphatic rings. The molecule has 0 spiro atoms. The minimum Gasteiger partial charge on any atom is -0.444 e. The molecule has 1 heterocycles. The summed E-state index contributed by atoms with van der Waals surface area (Å²) in [7, 11) is 0. The van der Waals surface area contributed by atoms with Crippen molar-refractivity contribution in [1.82, 2.24) is 0 Å². The molecular formula is C18H10Cl2N2O4. The van der Waals surface area contributed by atoms with E-state index in [-0.39, 0.29) is 27.4 Å². The van der Waals surface area contributed by atoms with Crippen LogP contribution in [0.15, 0.2) is 36.4 Å². The highest BCUT2D eigenvalue weighted by atomic mass is 35.5. The molecule has 2 aromatic carbocycles. The van der Waals surface area contributed by atoms with Crippen LogP contribution in [0.25, 0.3) is 0 Å². The first kappa shape index (κ1) is 17.9. The van der Waals surface area contributed by atoms with E-state index in [1.54, 1.807) is 6.07 Å². The average molecular weight is 389 g/mol. The van der Waals surface area contributed by atoms with Crippen LogP contribution in [0.1, 0.15) is 38.0 Å². The molecule has 130 valence electrons. The maximum absolute atomic E-state index is 12.7. The lowest BCUT2D eigenvalue weighted by molar-refractivity contribution is 0.0435. The first-order valence-corrected chi connectivity index (χ1v) is 8.17. The molecule has 3 rings (SSSR count). The fourth-order valence-electron chi connectivity index (χ4n) is 2.48. The number of rotatable bonds is 3. The standard InChI is InChI=1S/C18H10Cl2N2O4/c1-9(8-21)26-18(25)10-2-4-12-13(6-10)17(24)22(16(12)23)11-3-5-14(19)15(20)7-11/h2-7,9H,1H3/t9-/m1/s1. The topological polar surface area (TPSA) is 87.5 Å². The van der Waals surface area contributed by atoms with Gasteiger partial charge in [0.05, 0.1) is 32.4 Å². The van der Waals surface area contributed by atoms with Crippen LogP contribution in [-0.4, -0.2) is 23.9 Å². The van der Waals surface area contributed by atoms with Crippen molar-refractivity contribution in [3.8, 4) is 6.07 Å². The maximum atomic E-state index is 12.7. The number of anilines is 1. The number of carbonyl (C=O) groups excluding carboxylic acids is 3. The smallest absolute Gasteiger partial charge is 0.339 e. The molecule has 0 aliphatic carbocycles. The second-order valence-corrected chi connectivity index (χ2v) is 6.30. The average Bonchev–Trinajstić information content (AvgIpc) is 2.87. The SMILES string of the molecule is C[C@H](C#N)OC(=O)c1ccc2c(c1)C(=O)N(c1ccc(Cl)c(Cl)c1)C2=O. The summed E-state index contributed by atoms with van der Waals surface area (Å²) in [5.74, 6) is -1.88. The Balaban J connectivity index is 1.96. The summed E-state index contributed by atoms with van der Waals surface area (Å²) in [6.45, 7) is 1.42. The summed E-state index contributed by atoms with van der Waals surface area (Å²) in [5.41, 5.74) is 0.571. The Kier molecular flexibility index (Phi) is 4.68. The number of fused-ring (bicyclic) bond motifs is 1. The van der Waals surface area contributed by atoms with Crippen LogP contribution in [0.2, 0.25) is 10.0 Å². The summed E-state index contributed by atoms with van der Waals surface area (Å²) < 4.78 is 4.91. The van der Waals surface area contributed by atoms with E-state index in [1.165, 1.54) is 43.3 Å². The predicted molar refractivity (Wildman–Crippen MR) is 94.5 cm³/mol. The van der Waals surface area contributed by atoms with Crippen molar-refractivity contribution < 1.29 is 19.1 Å². The number of halogens is 2. The van der Waals surface area contributed by atoms with Crippen LogP contribution in [0.3, 0.4) is 0 Å². The molecule has 2 aromatic rings. The number of amides is 2. The van der Waals surface area contributed by atoms with E-state index in [4.69, 9.17) is 33.2 Å². The van der Waals surface area contributed by atoms with Gasteiger partial charge >= 0.3 is 5.97 Å². The van der Waals surface area contributed by atoms with Crippen molar-refractivity contribution >= 4 is 46.7 Å². The molecule has 0 saturated carbocycles. The number of carbonyl (C=O) groups is 3. The fraction of sp³-hybridized carbons (Fsp3) is 0.111. The van der Waals surface area contributed by atoms with E-state index < -0.39 is 23.9 Å². The number of imide groups is 1. The van der Waals surface area contributed by atoms with Crippen molar-refractivity contribution in [3.05, 3.63) is 63.1 Å². The quantitative estimate of drug-likeness (QED) is 0.588. The van der Waals surface area contributed by atoms with Gasteiger partial charge in [0.2, 0.25) is 0 Å². The summed E-state index contributed by atoms with van der Waals surface area (Å²) in [6.07, 6.45) is -0.930. The van der Waals surface area contributed by atoms with Gasteiger partial charge < -0.3 is 4.74 Å². The third-order valence-corrected chi connectivity index (χ3v) is 4.49. The van der Waals surface area contributed by atoms with Gasteiger partial charge in [0, 0.05) is 0 Å². The first-order valence-electron chi connectivity index (χ1n) is 7.42. The molecule has 0 radical (unpaired) electrons. The van der Waals surface area contributed by atoms with E-state index in [0.717, 1.165) is 4.90 Å². The Labute approximate surface area is 158 Å². The van der Waals surface area contributed by atoms with Gasteiger partial charge in [-0.3, -0.25) is 9.59 Å². The third kappa shape index (κ3) is 3.03. The lowest BCUT2D eigenvalue weighted by atomic mass is 10.1. The van der Waals surface area contributed by atoms with Gasteiger partial charge in [0.15, 0.2) is 6.10 Å². The van der Waals surface area contributed by atoms with Gasteiger partial charge in [0.25, 0.3) is 11.8 Å². The van der Waals surface area contributed by atoms with Gasteiger partial charge in [-0.1, -0.05) is 23.2 Å². The molecule has 26 heavy (non-hydrogen) atoms. The van der Waals surface area contributed by atoms with Crippen LogP contribution in [0.4, 0.5) is 5.69 Å². The Hall–Kier alpha value is -2.88. The van der Waals surface area contributed by atoms with E-state index in [9.17, 15) is 14.4 Å². The zero-order chi connectivity index (χ0) is 19.0. The molecule has 0 fully saturated rings. The van der Waals surface area contributed by atoms with Gasteiger partial charge in [0.1, 0.15) is 6.07 Å². The Bertz CT molecular complexity index is 997. The zero-order valence-electron chi connectivity index (χ0n) is 13.3. The van der Waals surface area contributed by atoms with E-state index in [2.05, 4.69) is 0 Å². The Morgan fingerprint density at radius 2 is 1.77 bits per heavy atom. The molecule has 0 unspecified atom stereocenters. The molecular weight excluding hydrogens is 379 g/mol. The molecule has 0 saturated heterocycles. The number of benzene rings is 2. The van der Waals surface area contributed by atoms with E-state index in [1.807, 2.05) is 0 Å². The van der Waals surface area contributed by atoms with Gasteiger partial charge in [-0.15, -0.1) is 0 Å². The van der Waals surface area contributed by atoms with Crippen LogP contribution in [0, 0.1) is 11.3 Å². The van der Waals surface area contributed by atoms with Gasteiger partial charge in [-0.25, -0.2) is 9.69 Å². The predicted octanol–water partition coefficient (Wildman–Crippen LogP) is 3.86. The highest BCUT2D eigenvalue weighted by Crippen LogP contribution is 2.33. The van der Waals surface area contributed by atoms with Crippen LogP contribution in [-0.2, 0) is 4.74 Å². The molecule has 2 amide bonds.